The molecular weight excluding hydrogens is 309 g/mol. The minimum Gasteiger partial charge on any atom is -0.328 e. The molecule has 0 spiro atoms. The van der Waals surface area contributed by atoms with Crippen LogP contribution >= 0.6 is 15.9 Å². The molecule has 19 heavy (non-hydrogen) atoms. The SMILES string of the molecule is CC(N)CCCC(C)C(=O)Cc1cc(F)ccc1Br. The molecule has 0 aromatic heterocycles. The summed E-state index contributed by atoms with van der Waals surface area (Å²) >= 11 is 3.34. The number of carbonyl (C=O) groups is 1. The number of ketones is 1. The standard InChI is InChI=1S/C15H21BrFNO/c1-10(4-3-5-11(2)18)15(19)9-12-8-13(17)6-7-14(12)16/h6-8,10-11H,3-5,9,18H2,1-2H3. The third-order valence-electron chi connectivity index (χ3n) is 3.22. The highest BCUT2D eigenvalue weighted by atomic mass is 79.9. The summed E-state index contributed by atoms with van der Waals surface area (Å²) in [5, 5.41) is 0. The van der Waals surface area contributed by atoms with Crippen molar-refractivity contribution in [3.63, 3.8) is 0 Å². The molecule has 2 unspecified atom stereocenters. The average Bonchev–Trinajstić information content (AvgIpc) is 2.33. The maximum atomic E-state index is 13.1. The smallest absolute Gasteiger partial charge is 0.140 e. The molecule has 0 aliphatic carbocycles. The van der Waals surface area contributed by atoms with Gasteiger partial charge in [-0.05, 0) is 43.5 Å². The minimum atomic E-state index is -0.310. The van der Waals surface area contributed by atoms with Crippen molar-refractivity contribution in [2.45, 2.75) is 45.6 Å². The van der Waals surface area contributed by atoms with Crippen molar-refractivity contribution in [1.29, 1.82) is 0 Å². The van der Waals surface area contributed by atoms with Gasteiger partial charge in [0, 0.05) is 22.9 Å². The highest BCUT2D eigenvalue weighted by Crippen LogP contribution is 2.21. The molecule has 0 radical (unpaired) electrons. The zero-order valence-electron chi connectivity index (χ0n) is 11.5. The zero-order valence-corrected chi connectivity index (χ0v) is 13.0. The molecule has 0 aliphatic rings. The second-order valence-corrected chi connectivity index (χ2v) is 6.04. The van der Waals surface area contributed by atoms with Gasteiger partial charge in [-0.3, -0.25) is 4.79 Å². The Morgan fingerprint density at radius 3 is 2.68 bits per heavy atom. The van der Waals surface area contributed by atoms with Gasteiger partial charge >= 0.3 is 0 Å². The number of nitrogens with two attached hydrogens (primary N) is 1. The second-order valence-electron chi connectivity index (χ2n) is 5.19. The summed E-state index contributed by atoms with van der Waals surface area (Å²) in [4.78, 5) is 12.1. The average molecular weight is 330 g/mol. The van der Waals surface area contributed by atoms with Crippen LogP contribution in [0.5, 0.6) is 0 Å². The molecule has 0 heterocycles. The van der Waals surface area contributed by atoms with Crippen molar-refractivity contribution in [2.75, 3.05) is 0 Å². The lowest BCUT2D eigenvalue weighted by molar-refractivity contribution is -0.121. The van der Waals surface area contributed by atoms with Gasteiger partial charge < -0.3 is 5.73 Å². The summed E-state index contributed by atoms with van der Waals surface area (Å²) in [5.41, 5.74) is 6.39. The second kappa shape index (κ2) is 7.75. The van der Waals surface area contributed by atoms with Gasteiger partial charge in [0.05, 0.1) is 0 Å². The summed E-state index contributed by atoms with van der Waals surface area (Å²) in [5.74, 6) is -0.166. The number of carbonyl (C=O) groups excluding carboxylic acids is 1. The monoisotopic (exact) mass is 329 g/mol. The van der Waals surface area contributed by atoms with E-state index >= 15 is 0 Å². The third-order valence-corrected chi connectivity index (χ3v) is 3.99. The Morgan fingerprint density at radius 1 is 1.37 bits per heavy atom. The number of Topliss-reactive ketones (excluding diaryl/α,β-unsaturated/α-hetero) is 1. The van der Waals surface area contributed by atoms with Crippen LogP contribution in [0.4, 0.5) is 4.39 Å². The Morgan fingerprint density at radius 2 is 2.05 bits per heavy atom. The van der Waals surface area contributed by atoms with Crippen molar-refractivity contribution in [3.05, 3.63) is 34.1 Å². The predicted molar refractivity (Wildman–Crippen MR) is 79.5 cm³/mol. The summed E-state index contributed by atoms with van der Waals surface area (Å²) in [7, 11) is 0. The van der Waals surface area contributed by atoms with Crippen LogP contribution in [0.1, 0.15) is 38.7 Å². The van der Waals surface area contributed by atoms with Gasteiger partial charge in [0.2, 0.25) is 0 Å². The lowest BCUT2D eigenvalue weighted by Crippen LogP contribution is -2.17. The number of halogens is 2. The van der Waals surface area contributed by atoms with Crippen molar-refractivity contribution in [2.24, 2.45) is 11.7 Å². The zero-order chi connectivity index (χ0) is 14.4. The molecule has 4 heteroatoms. The van der Waals surface area contributed by atoms with Crippen LogP contribution in [0.3, 0.4) is 0 Å². The van der Waals surface area contributed by atoms with Crippen molar-refractivity contribution in [3.8, 4) is 0 Å². The normalized spacial score (nSPS) is 14.2. The summed E-state index contributed by atoms with van der Waals surface area (Å²) < 4.78 is 13.9. The maximum absolute atomic E-state index is 13.1. The fourth-order valence-electron chi connectivity index (χ4n) is 1.95. The number of hydrogen-bond acceptors (Lipinski definition) is 2. The van der Waals surface area contributed by atoms with Gasteiger partial charge in [-0.1, -0.05) is 29.3 Å². The molecule has 106 valence electrons. The topological polar surface area (TPSA) is 43.1 Å². The van der Waals surface area contributed by atoms with Crippen LogP contribution in [0.25, 0.3) is 0 Å². The van der Waals surface area contributed by atoms with Crippen LogP contribution in [-0.2, 0) is 11.2 Å². The van der Waals surface area contributed by atoms with E-state index in [-0.39, 0.29) is 30.0 Å². The Bertz CT molecular complexity index is 434. The van der Waals surface area contributed by atoms with Gasteiger partial charge in [0.15, 0.2) is 0 Å². The lowest BCUT2D eigenvalue weighted by atomic mass is 9.94. The quantitative estimate of drug-likeness (QED) is 0.825. The largest absolute Gasteiger partial charge is 0.328 e. The molecule has 2 N–H and O–H groups in total. The molecule has 1 rings (SSSR count). The van der Waals surface area contributed by atoms with E-state index in [2.05, 4.69) is 15.9 Å². The molecule has 0 fully saturated rings. The molecule has 0 amide bonds. The highest BCUT2D eigenvalue weighted by molar-refractivity contribution is 9.10. The van der Waals surface area contributed by atoms with E-state index in [0.717, 1.165) is 23.7 Å². The lowest BCUT2D eigenvalue weighted by Gasteiger charge is -2.12. The first kappa shape index (κ1) is 16.3. The van der Waals surface area contributed by atoms with Crippen LogP contribution in [0.15, 0.2) is 22.7 Å². The van der Waals surface area contributed by atoms with Crippen LogP contribution in [-0.4, -0.2) is 11.8 Å². The van der Waals surface area contributed by atoms with Gasteiger partial charge in [0.25, 0.3) is 0 Å². The maximum Gasteiger partial charge on any atom is 0.140 e. The summed E-state index contributed by atoms with van der Waals surface area (Å²) in [6.07, 6.45) is 3.00. The van der Waals surface area contributed by atoms with E-state index in [9.17, 15) is 9.18 Å². The molecule has 0 aliphatic heterocycles. The number of rotatable bonds is 7. The first-order valence-corrected chi connectivity index (χ1v) is 7.41. The van der Waals surface area contributed by atoms with Crippen molar-refractivity contribution in [1.82, 2.24) is 0 Å². The molecule has 0 saturated heterocycles. The van der Waals surface area contributed by atoms with Gasteiger partial charge in [-0.15, -0.1) is 0 Å². The number of hydrogen-bond donors (Lipinski definition) is 1. The van der Waals surface area contributed by atoms with E-state index < -0.39 is 0 Å². The number of benzene rings is 1. The molecule has 1 aromatic rings. The molecule has 1 aromatic carbocycles. The molecule has 0 saturated carbocycles. The Kier molecular flexibility index (Phi) is 6.66. The van der Waals surface area contributed by atoms with E-state index in [4.69, 9.17) is 5.73 Å². The fraction of sp³-hybridized carbons (Fsp3) is 0.533. The van der Waals surface area contributed by atoms with Crippen molar-refractivity contribution < 1.29 is 9.18 Å². The van der Waals surface area contributed by atoms with Gasteiger partial charge in [-0.25, -0.2) is 4.39 Å². The van der Waals surface area contributed by atoms with Gasteiger partial charge in [0.1, 0.15) is 11.6 Å². The summed E-state index contributed by atoms with van der Waals surface area (Å²) in [6.45, 7) is 3.90. The summed E-state index contributed by atoms with van der Waals surface area (Å²) in [6, 6.07) is 4.61. The van der Waals surface area contributed by atoms with E-state index in [0.29, 0.717) is 5.56 Å². The van der Waals surface area contributed by atoms with Crippen molar-refractivity contribution >= 4 is 21.7 Å². The van der Waals surface area contributed by atoms with Crippen LogP contribution in [0, 0.1) is 11.7 Å². The minimum absolute atomic E-state index is 0.00563. The predicted octanol–water partition coefficient (Wildman–Crippen LogP) is 3.85. The first-order chi connectivity index (χ1) is 8.90. The van der Waals surface area contributed by atoms with Crippen LogP contribution in [0.2, 0.25) is 0 Å². The van der Waals surface area contributed by atoms with E-state index in [1.54, 1.807) is 6.07 Å². The molecule has 2 atom stereocenters. The molecule has 2 nitrogen and oxygen atoms in total. The first-order valence-electron chi connectivity index (χ1n) is 6.62. The van der Waals surface area contributed by atoms with Gasteiger partial charge in [-0.2, -0.15) is 0 Å². The van der Waals surface area contributed by atoms with E-state index in [1.807, 2.05) is 13.8 Å². The highest BCUT2D eigenvalue weighted by Gasteiger charge is 2.15. The Hall–Kier alpha value is -0.740. The molecule has 0 bridgehead atoms. The third kappa shape index (κ3) is 5.83. The Labute approximate surface area is 122 Å². The fourth-order valence-corrected chi connectivity index (χ4v) is 2.33. The molecular formula is C15H21BrFNO. The Balaban J connectivity index is 2.51. The van der Waals surface area contributed by atoms with E-state index in [1.165, 1.54) is 12.1 Å². The van der Waals surface area contributed by atoms with Crippen LogP contribution < -0.4 is 5.73 Å².